The average molecular weight is 284 g/mol. The molecule has 1 aromatic carbocycles. The van der Waals surface area contributed by atoms with Crippen molar-refractivity contribution >= 4 is 21.8 Å². The standard InChI is InChI=1S/C12H14BrNO2/c13-6-7-16-11-3-1-2-9(8-11)12(15)14-10-4-5-10/h1-3,8,10H,4-7H2,(H,14,15). The lowest BCUT2D eigenvalue weighted by Crippen LogP contribution is -2.25. The molecule has 1 N–H and O–H groups in total. The Labute approximate surface area is 103 Å². The summed E-state index contributed by atoms with van der Waals surface area (Å²) in [5, 5.41) is 3.73. The van der Waals surface area contributed by atoms with Crippen LogP contribution in [0.5, 0.6) is 5.75 Å². The summed E-state index contributed by atoms with van der Waals surface area (Å²) < 4.78 is 5.44. The van der Waals surface area contributed by atoms with E-state index in [4.69, 9.17) is 4.74 Å². The lowest BCUT2D eigenvalue weighted by atomic mass is 10.2. The fraction of sp³-hybridized carbons (Fsp3) is 0.417. The zero-order valence-corrected chi connectivity index (χ0v) is 10.5. The SMILES string of the molecule is O=C(NC1CC1)c1cccc(OCCBr)c1. The number of benzene rings is 1. The number of nitrogens with one attached hydrogen (secondary N) is 1. The van der Waals surface area contributed by atoms with Gasteiger partial charge in [-0.2, -0.15) is 0 Å². The Morgan fingerprint density at radius 3 is 3.00 bits per heavy atom. The highest BCUT2D eigenvalue weighted by atomic mass is 79.9. The Balaban J connectivity index is 1.99. The number of hydrogen-bond acceptors (Lipinski definition) is 2. The van der Waals surface area contributed by atoms with Crippen LogP contribution in [0.4, 0.5) is 0 Å². The Bertz CT molecular complexity index is 377. The Morgan fingerprint density at radius 2 is 2.31 bits per heavy atom. The first-order valence-corrected chi connectivity index (χ1v) is 6.51. The molecule has 0 heterocycles. The van der Waals surface area contributed by atoms with Crippen LogP contribution in [-0.2, 0) is 0 Å². The van der Waals surface area contributed by atoms with Crippen molar-refractivity contribution in [3.05, 3.63) is 29.8 Å². The molecule has 0 atom stereocenters. The molecule has 1 saturated carbocycles. The second kappa shape index (κ2) is 5.34. The van der Waals surface area contributed by atoms with Gasteiger partial charge in [0.05, 0.1) is 6.61 Å². The predicted octanol–water partition coefficient (Wildman–Crippen LogP) is 2.35. The molecule has 0 unspecified atom stereocenters. The van der Waals surface area contributed by atoms with Gasteiger partial charge in [0.1, 0.15) is 5.75 Å². The van der Waals surface area contributed by atoms with Crippen molar-refractivity contribution in [3.63, 3.8) is 0 Å². The lowest BCUT2D eigenvalue weighted by Gasteiger charge is -2.07. The summed E-state index contributed by atoms with van der Waals surface area (Å²) in [4.78, 5) is 11.7. The van der Waals surface area contributed by atoms with E-state index in [1.807, 2.05) is 12.1 Å². The highest BCUT2D eigenvalue weighted by molar-refractivity contribution is 9.09. The van der Waals surface area contributed by atoms with Crippen LogP contribution in [0.15, 0.2) is 24.3 Å². The fourth-order valence-corrected chi connectivity index (χ4v) is 1.54. The number of ether oxygens (including phenoxy) is 1. The normalized spacial score (nSPS) is 14.6. The van der Waals surface area contributed by atoms with Crippen LogP contribution in [0.25, 0.3) is 0 Å². The summed E-state index contributed by atoms with van der Waals surface area (Å²) >= 11 is 3.29. The summed E-state index contributed by atoms with van der Waals surface area (Å²) in [7, 11) is 0. The predicted molar refractivity (Wildman–Crippen MR) is 66.2 cm³/mol. The van der Waals surface area contributed by atoms with E-state index in [1.165, 1.54) is 0 Å². The van der Waals surface area contributed by atoms with Crippen molar-refractivity contribution in [2.45, 2.75) is 18.9 Å². The zero-order valence-electron chi connectivity index (χ0n) is 8.91. The van der Waals surface area contributed by atoms with E-state index in [0.29, 0.717) is 18.2 Å². The molecule has 16 heavy (non-hydrogen) atoms. The van der Waals surface area contributed by atoms with E-state index in [0.717, 1.165) is 23.9 Å². The number of alkyl halides is 1. The molecule has 4 heteroatoms. The molecule has 1 fully saturated rings. The minimum atomic E-state index is -0.00760. The van der Waals surface area contributed by atoms with Crippen molar-refractivity contribution in [2.24, 2.45) is 0 Å². The highest BCUT2D eigenvalue weighted by Gasteiger charge is 2.23. The van der Waals surface area contributed by atoms with Crippen LogP contribution < -0.4 is 10.1 Å². The molecule has 0 bridgehead atoms. The molecule has 3 nitrogen and oxygen atoms in total. The minimum Gasteiger partial charge on any atom is -0.493 e. The topological polar surface area (TPSA) is 38.3 Å². The van der Waals surface area contributed by atoms with Crippen LogP contribution in [0.1, 0.15) is 23.2 Å². The molecule has 2 rings (SSSR count). The van der Waals surface area contributed by atoms with E-state index in [-0.39, 0.29) is 5.91 Å². The van der Waals surface area contributed by atoms with Gasteiger partial charge in [0.15, 0.2) is 0 Å². The molecule has 1 aliphatic rings. The summed E-state index contributed by atoms with van der Waals surface area (Å²) in [5.41, 5.74) is 0.666. The van der Waals surface area contributed by atoms with E-state index in [2.05, 4.69) is 21.2 Å². The van der Waals surface area contributed by atoms with Gasteiger partial charge in [0.25, 0.3) is 5.91 Å². The minimum absolute atomic E-state index is 0.00760. The van der Waals surface area contributed by atoms with Gasteiger partial charge in [-0.3, -0.25) is 4.79 Å². The third-order valence-corrected chi connectivity index (χ3v) is 2.68. The van der Waals surface area contributed by atoms with E-state index in [9.17, 15) is 4.79 Å². The first-order chi connectivity index (χ1) is 7.79. The van der Waals surface area contributed by atoms with E-state index < -0.39 is 0 Å². The van der Waals surface area contributed by atoms with Crippen LogP contribution in [0, 0.1) is 0 Å². The molecule has 1 amide bonds. The van der Waals surface area contributed by atoms with Crippen LogP contribution in [0.2, 0.25) is 0 Å². The fourth-order valence-electron chi connectivity index (χ4n) is 1.38. The number of carbonyl (C=O) groups is 1. The van der Waals surface area contributed by atoms with Crippen LogP contribution in [-0.4, -0.2) is 23.9 Å². The molecule has 1 aromatic rings. The monoisotopic (exact) mass is 283 g/mol. The van der Waals surface area contributed by atoms with Gasteiger partial charge in [-0.05, 0) is 31.0 Å². The molecule has 0 aromatic heterocycles. The van der Waals surface area contributed by atoms with Crippen molar-refractivity contribution in [1.82, 2.24) is 5.32 Å². The van der Waals surface area contributed by atoms with Crippen molar-refractivity contribution < 1.29 is 9.53 Å². The van der Waals surface area contributed by atoms with Crippen LogP contribution >= 0.6 is 15.9 Å². The van der Waals surface area contributed by atoms with Crippen LogP contribution in [0.3, 0.4) is 0 Å². The van der Waals surface area contributed by atoms with Crippen molar-refractivity contribution in [1.29, 1.82) is 0 Å². The maximum atomic E-state index is 11.7. The van der Waals surface area contributed by atoms with Gasteiger partial charge in [-0.1, -0.05) is 22.0 Å². The summed E-state index contributed by atoms with van der Waals surface area (Å²) in [6.07, 6.45) is 2.21. The van der Waals surface area contributed by atoms with Crippen molar-refractivity contribution in [3.8, 4) is 5.75 Å². The number of amides is 1. The number of rotatable bonds is 5. The quantitative estimate of drug-likeness (QED) is 0.843. The van der Waals surface area contributed by atoms with Gasteiger partial charge in [-0.15, -0.1) is 0 Å². The van der Waals surface area contributed by atoms with Gasteiger partial charge >= 0.3 is 0 Å². The third-order valence-electron chi connectivity index (χ3n) is 2.35. The number of hydrogen-bond donors (Lipinski definition) is 1. The van der Waals surface area contributed by atoms with Gasteiger partial charge in [-0.25, -0.2) is 0 Å². The second-order valence-electron chi connectivity index (χ2n) is 3.81. The smallest absolute Gasteiger partial charge is 0.251 e. The molecule has 86 valence electrons. The Hall–Kier alpha value is -1.03. The second-order valence-corrected chi connectivity index (χ2v) is 4.61. The zero-order chi connectivity index (χ0) is 11.4. The molecule has 0 saturated heterocycles. The largest absolute Gasteiger partial charge is 0.493 e. The molecule has 0 spiro atoms. The van der Waals surface area contributed by atoms with Crippen molar-refractivity contribution in [2.75, 3.05) is 11.9 Å². The molecular formula is C12H14BrNO2. The Morgan fingerprint density at radius 1 is 1.50 bits per heavy atom. The summed E-state index contributed by atoms with van der Waals surface area (Å²) in [5.74, 6) is 0.731. The maximum Gasteiger partial charge on any atom is 0.251 e. The first kappa shape index (κ1) is 11.5. The lowest BCUT2D eigenvalue weighted by molar-refractivity contribution is 0.0950. The van der Waals surface area contributed by atoms with Gasteiger partial charge in [0, 0.05) is 16.9 Å². The number of carbonyl (C=O) groups excluding carboxylic acids is 1. The molecule has 0 aliphatic heterocycles. The number of halogens is 1. The van der Waals surface area contributed by atoms with E-state index in [1.54, 1.807) is 12.1 Å². The molecule has 1 aliphatic carbocycles. The van der Waals surface area contributed by atoms with Gasteiger partial charge < -0.3 is 10.1 Å². The Kier molecular flexibility index (Phi) is 3.83. The highest BCUT2D eigenvalue weighted by Crippen LogP contribution is 2.20. The molecular weight excluding hydrogens is 270 g/mol. The van der Waals surface area contributed by atoms with E-state index >= 15 is 0 Å². The molecule has 0 radical (unpaired) electrons. The third kappa shape index (κ3) is 3.23. The summed E-state index contributed by atoms with van der Waals surface area (Å²) in [6.45, 7) is 0.605. The average Bonchev–Trinajstić information content (AvgIpc) is 3.10. The maximum absolute atomic E-state index is 11.7. The first-order valence-electron chi connectivity index (χ1n) is 5.39. The van der Waals surface area contributed by atoms with Gasteiger partial charge in [0.2, 0.25) is 0 Å². The summed E-state index contributed by atoms with van der Waals surface area (Å²) in [6, 6.07) is 7.67.